The summed E-state index contributed by atoms with van der Waals surface area (Å²) in [6.45, 7) is 5.83. The van der Waals surface area contributed by atoms with Crippen LogP contribution >= 0.6 is 0 Å². The SMILES string of the molecule is CCNC(CCO)c1ccc(OCC)cc1. The van der Waals surface area contributed by atoms with Gasteiger partial charge in [-0.05, 0) is 37.6 Å². The molecular weight excluding hydrogens is 202 g/mol. The molecule has 0 saturated carbocycles. The summed E-state index contributed by atoms with van der Waals surface area (Å²) in [7, 11) is 0. The van der Waals surface area contributed by atoms with Gasteiger partial charge in [0, 0.05) is 12.6 Å². The van der Waals surface area contributed by atoms with Crippen molar-refractivity contribution >= 4 is 0 Å². The molecule has 0 aliphatic heterocycles. The van der Waals surface area contributed by atoms with Crippen molar-refractivity contribution in [2.45, 2.75) is 26.3 Å². The maximum Gasteiger partial charge on any atom is 0.119 e. The van der Waals surface area contributed by atoms with E-state index in [1.165, 1.54) is 5.56 Å². The van der Waals surface area contributed by atoms with Crippen molar-refractivity contribution in [2.24, 2.45) is 0 Å². The molecule has 0 aliphatic carbocycles. The van der Waals surface area contributed by atoms with Gasteiger partial charge in [-0.2, -0.15) is 0 Å². The van der Waals surface area contributed by atoms with Gasteiger partial charge in [0.1, 0.15) is 5.75 Å². The highest BCUT2D eigenvalue weighted by molar-refractivity contribution is 5.29. The van der Waals surface area contributed by atoms with Gasteiger partial charge in [0.25, 0.3) is 0 Å². The fourth-order valence-electron chi connectivity index (χ4n) is 1.73. The summed E-state index contributed by atoms with van der Waals surface area (Å²) in [5.41, 5.74) is 1.19. The summed E-state index contributed by atoms with van der Waals surface area (Å²) < 4.78 is 5.39. The first-order chi connectivity index (χ1) is 7.81. The van der Waals surface area contributed by atoms with Crippen LogP contribution in [0, 0.1) is 0 Å². The number of aliphatic hydroxyl groups is 1. The van der Waals surface area contributed by atoms with Crippen LogP contribution in [0.5, 0.6) is 5.75 Å². The molecule has 1 unspecified atom stereocenters. The number of nitrogens with one attached hydrogen (secondary N) is 1. The van der Waals surface area contributed by atoms with E-state index >= 15 is 0 Å². The van der Waals surface area contributed by atoms with Crippen LogP contribution in [0.15, 0.2) is 24.3 Å². The van der Waals surface area contributed by atoms with Gasteiger partial charge in [-0.3, -0.25) is 0 Å². The quantitative estimate of drug-likeness (QED) is 0.744. The first-order valence-corrected chi connectivity index (χ1v) is 5.88. The summed E-state index contributed by atoms with van der Waals surface area (Å²) in [5, 5.41) is 12.3. The Kier molecular flexibility index (Phi) is 5.90. The molecule has 1 aromatic rings. The van der Waals surface area contributed by atoms with Crippen molar-refractivity contribution in [3.05, 3.63) is 29.8 Å². The standard InChI is InChI=1S/C13H21NO2/c1-3-14-13(9-10-15)11-5-7-12(8-6-11)16-4-2/h5-8,13-15H,3-4,9-10H2,1-2H3. The van der Waals surface area contributed by atoms with Gasteiger partial charge in [-0.25, -0.2) is 0 Å². The van der Waals surface area contributed by atoms with E-state index in [0.29, 0.717) is 6.61 Å². The van der Waals surface area contributed by atoms with Crippen LogP contribution in [-0.2, 0) is 0 Å². The van der Waals surface area contributed by atoms with Crippen LogP contribution in [0.1, 0.15) is 31.9 Å². The summed E-state index contributed by atoms with van der Waals surface area (Å²) in [6.07, 6.45) is 0.738. The first-order valence-electron chi connectivity index (χ1n) is 5.88. The van der Waals surface area contributed by atoms with Crippen LogP contribution < -0.4 is 10.1 Å². The predicted molar refractivity (Wildman–Crippen MR) is 65.7 cm³/mol. The molecule has 0 heterocycles. The smallest absolute Gasteiger partial charge is 0.119 e. The van der Waals surface area contributed by atoms with E-state index in [9.17, 15) is 0 Å². The lowest BCUT2D eigenvalue weighted by Gasteiger charge is -2.17. The highest BCUT2D eigenvalue weighted by atomic mass is 16.5. The van der Waals surface area contributed by atoms with Gasteiger partial charge < -0.3 is 15.2 Å². The Hall–Kier alpha value is -1.06. The Labute approximate surface area is 97.4 Å². The highest BCUT2D eigenvalue weighted by Gasteiger charge is 2.09. The largest absolute Gasteiger partial charge is 0.494 e. The molecule has 1 atom stereocenters. The van der Waals surface area contributed by atoms with Crippen molar-refractivity contribution < 1.29 is 9.84 Å². The van der Waals surface area contributed by atoms with Crippen molar-refractivity contribution in [3.8, 4) is 5.75 Å². The van der Waals surface area contributed by atoms with E-state index in [1.807, 2.05) is 31.2 Å². The minimum Gasteiger partial charge on any atom is -0.494 e. The lowest BCUT2D eigenvalue weighted by Crippen LogP contribution is -2.21. The normalized spacial score (nSPS) is 12.4. The first kappa shape index (κ1) is 13.0. The van der Waals surface area contributed by atoms with Gasteiger partial charge >= 0.3 is 0 Å². The van der Waals surface area contributed by atoms with Crippen LogP contribution in [-0.4, -0.2) is 24.9 Å². The number of hydrogen-bond donors (Lipinski definition) is 2. The zero-order valence-electron chi connectivity index (χ0n) is 10.1. The zero-order valence-corrected chi connectivity index (χ0v) is 10.1. The number of rotatable bonds is 7. The van der Waals surface area contributed by atoms with Gasteiger partial charge in [0.15, 0.2) is 0 Å². The molecule has 0 spiro atoms. The summed E-state index contributed by atoms with van der Waals surface area (Å²) in [5.74, 6) is 0.894. The molecule has 0 bridgehead atoms. The van der Waals surface area contributed by atoms with E-state index in [1.54, 1.807) is 0 Å². The average Bonchev–Trinajstić information content (AvgIpc) is 2.30. The number of benzene rings is 1. The third-order valence-electron chi connectivity index (χ3n) is 2.46. The molecular formula is C13H21NO2. The molecule has 2 N–H and O–H groups in total. The Morgan fingerprint density at radius 3 is 2.44 bits per heavy atom. The Morgan fingerprint density at radius 1 is 1.25 bits per heavy atom. The zero-order chi connectivity index (χ0) is 11.8. The van der Waals surface area contributed by atoms with Gasteiger partial charge in [0.2, 0.25) is 0 Å². The Balaban J connectivity index is 2.68. The predicted octanol–water partition coefficient (Wildman–Crippen LogP) is 2.12. The molecule has 3 heteroatoms. The van der Waals surface area contributed by atoms with Gasteiger partial charge in [-0.15, -0.1) is 0 Å². The number of hydrogen-bond acceptors (Lipinski definition) is 3. The summed E-state index contributed by atoms with van der Waals surface area (Å²) >= 11 is 0. The molecule has 0 aromatic heterocycles. The average molecular weight is 223 g/mol. The summed E-state index contributed by atoms with van der Waals surface area (Å²) in [6, 6.07) is 8.27. The lowest BCUT2D eigenvalue weighted by molar-refractivity contribution is 0.266. The lowest BCUT2D eigenvalue weighted by atomic mass is 10.0. The van der Waals surface area contributed by atoms with Crippen molar-refractivity contribution in [3.63, 3.8) is 0 Å². The third kappa shape index (κ3) is 3.83. The Morgan fingerprint density at radius 2 is 1.94 bits per heavy atom. The maximum atomic E-state index is 9.00. The van der Waals surface area contributed by atoms with Crippen LogP contribution in [0.3, 0.4) is 0 Å². The van der Waals surface area contributed by atoms with E-state index in [2.05, 4.69) is 12.2 Å². The van der Waals surface area contributed by atoms with Gasteiger partial charge in [-0.1, -0.05) is 19.1 Å². The summed E-state index contributed by atoms with van der Waals surface area (Å²) in [4.78, 5) is 0. The molecule has 0 fully saturated rings. The minimum atomic E-state index is 0.199. The molecule has 3 nitrogen and oxygen atoms in total. The second-order valence-electron chi connectivity index (χ2n) is 3.62. The number of aliphatic hydroxyl groups excluding tert-OH is 1. The molecule has 1 rings (SSSR count). The van der Waals surface area contributed by atoms with E-state index in [0.717, 1.165) is 18.7 Å². The highest BCUT2D eigenvalue weighted by Crippen LogP contribution is 2.20. The second kappa shape index (κ2) is 7.25. The van der Waals surface area contributed by atoms with E-state index in [-0.39, 0.29) is 12.6 Å². The van der Waals surface area contributed by atoms with Crippen molar-refractivity contribution in [1.29, 1.82) is 0 Å². The maximum absolute atomic E-state index is 9.00. The van der Waals surface area contributed by atoms with Crippen molar-refractivity contribution in [1.82, 2.24) is 5.32 Å². The van der Waals surface area contributed by atoms with Crippen LogP contribution in [0.4, 0.5) is 0 Å². The second-order valence-corrected chi connectivity index (χ2v) is 3.62. The fraction of sp³-hybridized carbons (Fsp3) is 0.538. The van der Waals surface area contributed by atoms with E-state index < -0.39 is 0 Å². The van der Waals surface area contributed by atoms with E-state index in [4.69, 9.17) is 9.84 Å². The molecule has 1 aromatic carbocycles. The molecule has 16 heavy (non-hydrogen) atoms. The molecule has 0 aliphatic rings. The Bertz CT molecular complexity index is 278. The minimum absolute atomic E-state index is 0.199. The fourth-order valence-corrected chi connectivity index (χ4v) is 1.73. The molecule has 0 amide bonds. The molecule has 0 radical (unpaired) electrons. The topological polar surface area (TPSA) is 41.5 Å². The monoisotopic (exact) mass is 223 g/mol. The third-order valence-corrected chi connectivity index (χ3v) is 2.46. The van der Waals surface area contributed by atoms with Crippen LogP contribution in [0.2, 0.25) is 0 Å². The molecule has 0 saturated heterocycles. The van der Waals surface area contributed by atoms with Gasteiger partial charge in [0.05, 0.1) is 6.61 Å². The number of ether oxygens (including phenoxy) is 1. The van der Waals surface area contributed by atoms with Crippen LogP contribution in [0.25, 0.3) is 0 Å². The van der Waals surface area contributed by atoms with Crippen molar-refractivity contribution in [2.75, 3.05) is 19.8 Å². The molecule has 90 valence electrons.